The van der Waals surface area contributed by atoms with Crippen molar-refractivity contribution in [2.45, 2.75) is 82.8 Å². The highest BCUT2D eigenvalue weighted by Gasteiger charge is 2.57. The van der Waals surface area contributed by atoms with Gasteiger partial charge in [-0.3, -0.25) is 5.32 Å². The molecule has 2 N–H and O–H groups in total. The highest BCUT2D eigenvalue weighted by Crippen LogP contribution is 2.52. The van der Waals surface area contributed by atoms with Crippen LogP contribution in [0, 0.1) is 0 Å². The minimum absolute atomic E-state index is 0.152. The molecule has 1 saturated carbocycles. The Bertz CT molecular complexity index is 1170. The van der Waals surface area contributed by atoms with Crippen molar-refractivity contribution in [1.82, 2.24) is 9.97 Å². The normalized spacial score (nSPS) is 20.1. The number of hydrogen-bond acceptors (Lipinski definition) is 8. The van der Waals surface area contributed by atoms with Crippen molar-refractivity contribution in [3.8, 4) is 11.4 Å². The molecule has 2 atom stereocenters. The van der Waals surface area contributed by atoms with Crippen LogP contribution >= 0.6 is 0 Å². The number of thiol groups is 1. The third-order valence-corrected chi connectivity index (χ3v) is 9.03. The highest BCUT2D eigenvalue weighted by molar-refractivity contribution is 7.86. The SMILES string of the molecule is C[C@H]1COCCN1c1cc(C2([SH+](=O)CCC(C)(C)O)CC2)nc(-c2ccc(NC(=O)OC(C)(C)C)cc2)n1. The van der Waals surface area contributed by atoms with Crippen molar-refractivity contribution >= 4 is 28.4 Å². The van der Waals surface area contributed by atoms with Crippen LogP contribution in [-0.4, -0.2) is 63.9 Å². The summed E-state index contributed by atoms with van der Waals surface area (Å²) in [4.78, 5) is 24.2. The van der Waals surface area contributed by atoms with Crippen LogP contribution in [0.2, 0.25) is 0 Å². The van der Waals surface area contributed by atoms with Crippen LogP contribution in [0.15, 0.2) is 30.3 Å². The van der Waals surface area contributed by atoms with Gasteiger partial charge in [-0.15, -0.1) is 4.21 Å². The van der Waals surface area contributed by atoms with Crippen LogP contribution in [-0.2, 0) is 29.2 Å². The summed E-state index contributed by atoms with van der Waals surface area (Å²) >= 11 is 0. The summed E-state index contributed by atoms with van der Waals surface area (Å²) in [6.45, 7) is 13.0. The van der Waals surface area contributed by atoms with E-state index in [0.29, 0.717) is 43.4 Å². The molecule has 0 radical (unpaired) electrons. The van der Waals surface area contributed by atoms with Crippen molar-refractivity contribution in [1.29, 1.82) is 0 Å². The van der Waals surface area contributed by atoms with Gasteiger partial charge in [0.1, 0.15) is 22.9 Å². The molecule has 2 heterocycles. The van der Waals surface area contributed by atoms with E-state index >= 15 is 0 Å². The molecule has 1 aromatic heterocycles. The second-order valence-corrected chi connectivity index (χ2v) is 14.0. The minimum atomic E-state index is -1.61. The van der Waals surface area contributed by atoms with Crippen LogP contribution in [0.4, 0.5) is 16.3 Å². The van der Waals surface area contributed by atoms with Gasteiger partial charge < -0.3 is 19.5 Å². The van der Waals surface area contributed by atoms with E-state index in [-0.39, 0.29) is 6.04 Å². The number of rotatable bonds is 8. The molecule has 10 heteroatoms. The van der Waals surface area contributed by atoms with Crippen LogP contribution < -0.4 is 10.2 Å². The van der Waals surface area contributed by atoms with Crippen molar-refractivity contribution in [2.75, 3.05) is 35.7 Å². The number of carbonyl (C=O) groups excluding carboxylic acids is 1. The lowest BCUT2D eigenvalue weighted by molar-refractivity contribution is 0.0635. The predicted octanol–water partition coefficient (Wildman–Crippen LogP) is 4.56. The van der Waals surface area contributed by atoms with E-state index in [9.17, 15) is 14.1 Å². The maximum Gasteiger partial charge on any atom is 0.412 e. The summed E-state index contributed by atoms with van der Waals surface area (Å²) in [5, 5.41) is 12.9. The Kier molecular flexibility index (Phi) is 8.16. The van der Waals surface area contributed by atoms with E-state index in [1.165, 1.54) is 0 Å². The van der Waals surface area contributed by atoms with Crippen molar-refractivity contribution in [3.63, 3.8) is 0 Å². The third-order valence-electron chi connectivity index (χ3n) is 6.77. The Labute approximate surface area is 227 Å². The first kappa shape index (κ1) is 28.4. The lowest BCUT2D eigenvalue weighted by atomic mass is 10.1. The number of benzene rings is 1. The molecule has 2 fully saturated rings. The minimum Gasteiger partial charge on any atom is -0.444 e. The Hall–Kier alpha value is -2.56. The van der Waals surface area contributed by atoms with E-state index in [1.54, 1.807) is 26.0 Å². The van der Waals surface area contributed by atoms with E-state index in [1.807, 2.05) is 39.0 Å². The number of aromatic nitrogens is 2. The lowest BCUT2D eigenvalue weighted by Crippen LogP contribution is -2.44. The Balaban J connectivity index is 1.64. The van der Waals surface area contributed by atoms with Gasteiger partial charge >= 0.3 is 6.09 Å². The van der Waals surface area contributed by atoms with Gasteiger partial charge in [0, 0.05) is 43.1 Å². The molecular formula is C28H41N4O5S+. The van der Waals surface area contributed by atoms with E-state index in [0.717, 1.165) is 29.9 Å². The number of hydrogen-bond donors (Lipinski definition) is 2. The summed E-state index contributed by atoms with van der Waals surface area (Å²) in [6, 6.07) is 9.47. The largest absolute Gasteiger partial charge is 0.444 e. The first-order valence-corrected chi connectivity index (χ1v) is 14.7. The highest BCUT2D eigenvalue weighted by atomic mass is 32.2. The molecule has 9 nitrogen and oxygen atoms in total. The Morgan fingerprint density at radius 1 is 1.21 bits per heavy atom. The van der Waals surface area contributed by atoms with Crippen molar-refractivity contribution < 1.29 is 23.6 Å². The summed E-state index contributed by atoms with van der Waals surface area (Å²) in [5.74, 6) is 1.80. The molecule has 1 saturated heterocycles. The van der Waals surface area contributed by atoms with Gasteiger partial charge in [0.05, 0.1) is 35.7 Å². The van der Waals surface area contributed by atoms with E-state index in [2.05, 4.69) is 17.1 Å². The second kappa shape index (κ2) is 10.9. The van der Waals surface area contributed by atoms with Gasteiger partial charge in [-0.1, -0.05) is 0 Å². The van der Waals surface area contributed by atoms with Gasteiger partial charge in [0.2, 0.25) is 0 Å². The molecule has 4 rings (SSSR count). The number of aliphatic hydroxyl groups is 1. The quantitative estimate of drug-likeness (QED) is 0.367. The van der Waals surface area contributed by atoms with E-state index < -0.39 is 32.8 Å². The maximum absolute atomic E-state index is 13.5. The average Bonchev–Trinajstić information content (AvgIpc) is 3.64. The fourth-order valence-electron chi connectivity index (χ4n) is 4.48. The second-order valence-electron chi connectivity index (χ2n) is 12.0. The van der Waals surface area contributed by atoms with Gasteiger partial charge in [0.25, 0.3) is 0 Å². The fraction of sp³-hybridized carbons (Fsp3) is 0.607. The number of amides is 1. The van der Waals surface area contributed by atoms with Gasteiger partial charge in [-0.25, -0.2) is 14.8 Å². The number of carbonyl (C=O) groups is 1. The topological polar surface area (TPSA) is 114 Å². The molecule has 2 aromatic rings. The van der Waals surface area contributed by atoms with Crippen molar-refractivity contribution in [3.05, 3.63) is 36.0 Å². The molecule has 2 aliphatic rings. The zero-order valence-electron chi connectivity index (χ0n) is 23.3. The standard InChI is InChI=1S/C28H40N4O5S/c1-19-18-36-15-14-32(19)23-17-22(28(11-12-28)38(35)16-13-27(5,6)34)30-24(31-23)20-7-9-21(10-8-20)29-25(33)37-26(2,3)4/h7-10,17,19,34H,11-16,18H2,1-6H3,(H,29,33)/p+1/t19-,38?/m0/s1. The van der Waals surface area contributed by atoms with Gasteiger partial charge in [0.15, 0.2) is 10.6 Å². The van der Waals surface area contributed by atoms with Crippen LogP contribution in [0.25, 0.3) is 11.4 Å². The van der Waals surface area contributed by atoms with Gasteiger partial charge in [-0.2, -0.15) is 0 Å². The van der Waals surface area contributed by atoms with Crippen LogP contribution in [0.3, 0.4) is 0 Å². The summed E-state index contributed by atoms with van der Waals surface area (Å²) in [6.07, 6.45) is 1.57. The molecular weight excluding hydrogens is 504 g/mol. The molecule has 1 aliphatic carbocycles. The summed E-state index contributed by atoms with van der Waals surface area (Å²) < 4.78 is 24.0. The molecule has 1 amide bonds. The summed E-state index contributed by atoms with van der Waals surface area (Å²) in [5.41, 5.74) is 0.754. The molecule has 1 aromatic carbocycles. The number of anilines is 2. The molecule has 1 unspecified atom stereocenters. The number of ether oxygens (including phenoxy) is 2. The maximum atomic E-state index is 13.5. The van der Waals surface area contributed by atoms with Crippen molar-refractivity contribution in [2.24, 2.45) is 0 Å². The zero-order chi connectivity index (χ0) is 27.7. The predicted molar refractivity (Wildman–Crippen MR) is 151 cm³/mol. The Morgan fingerprint density at radius 3 is 2.47 bits per heavy atom. The van der Waals surface area contributed by atoms with Crippen LogP contribution in [0.1, 0.15) is 66.5 Å². The molecule has 208 valence electrons. The van der Waals surface area contributed by atoms with E-state index in [4.69, 9.17) is 19.4 Å². The summed E-state index contributed by atoms with van der Waals surface area (Å²) in [7, 11) is -1.61. The third kappa shape index (κ3) is 7.09. The lowest BCUT2D eigenvalue weighted by Gasteiger charge is -2.34. The first-order valence-electron chi connectivity index (χ1n) is 13.3. The molecule has 0 bridgehead atoms. The number of morpholine rings is 1. The average molecular weight is 546 g/mol. The molecule has 38 heavy (non-hydrogen) atoms. The number of nitrogens with zero attached hydrogens (tertiary/aromatic N) is 3. The Morgan fingerprint density at radius 2 is 1.89 bits per heavy atom. The molecule has 1 aliphatic heterocycles. The zero-order valence-corrected chi connectivity index (χ0v) is 24.2. The van der Waals surface area contributed by atoms with Crippen LogP contribution in [0.5, 0.6) is 0 Å². The fourth-order valence-corrected chi connectivity index (χ4v) is 6.64. The van der Waals surface area contributed by atoms with Gasteiger partial charge in [-0.05, 0) is 65.8 Å². The number of nitrogens with one attached hydrogen (secondary N) is 1. The monoisotopic (exact) mass is 545 g/mol. The smallest absolute Gasteiger partial charge is 0.412 e. The molecule has 0 spiro atoms. The first-order chi connectivity index (χ1) is 17.8.